The lowest BCUT2D eigenvalue weighted by molar-refractivity contribution is 0.552. The highest BCUT2D eigenvalue weighted by Gasteiger charge is 2.46. The molecule has 0 amide bonds. The largest absolute Gasteiger partial charge is 0.118 e. The van der Waals surface area contributed by atoms with E-state index in [1.54, 1.807) is 10.4 Å². The molecule has 1 fully saturated rings. The summed E-state index contributed by atoms with van der Waals surface area (Å²) >= 11 is 0. The van der Waals surface area contributed by atoms with Crippen molar-refractivity contribution in [1.82, 2.24) is 0 Å². The minimum atomic E-state index is -1.85. The van der Waals surface area contributed by atoms with Crippen LogP contribution in [0.25, 0.3) is 0 Å². The van der Waals surface area contributed by atoms with Gasteiger partial charge in [0.15, 0.2) is 0 Å². The van der Waals surface area contributed by atoms with Crippen molar-refractivity contribution in [2.75, 3.05) is 0 Å². The average Bonchev–Trinajstić information content (AvgIpc) is 3.04. The molecule has 2 unspecified atom stereocenters. The van der Waals surface area contributed by atoms with E-state index in [0.717, 1.165) is 17.4 Å². The van der Waals surface area contributed by atoms with Crippen LogP contribution in [-0.4, -0.2) is 8.07 Å². The number of fused-ring (bicyclic) bond motifs is 1. The molecule has 2 atom stereocenters. The van der Waals surface area contributed by atoms with Crippen LogP contribution in [0.1, 0.15) is 35.1 Å². The minimum Gasteiger partial charge on any atom is -0.0808 e. The quantitative estimate of drug-likeness (QED) is 0.612. The Labute approximate surface area is 166 Å². The van der Waals surface area contributed by atoms with E-state index in [-0.39, 0.29) is 0 Å². The van der Waals surface area contributed by atoms with Crippen molar-refractivity contribution in [1.29, 1.82) is 0 Å². The van der Waals surface area contributed by atoms with Crippen molar-refractivity contribution < 1.29 is 0 Å². The first-order valence-electron chi connectivity index (χ1n) is 10.4. The van der Waals surface area contributed by atoms with E-state index >= 15 is 0 Å². The summed E-state index contributed by atoms with van der Waals surface area (Å²) in [5, 5.41) is 3.25. The molecule has 2 aromatic carbocycles. The van der Waals surface area contributed by atoms with Crippen LogP contribution in [0.15, 0.2) is 60.7 Å². The lowest BCUT2D eigenvalue weighted by atomic mass is 9.92. The first kappa shape index (κ1) is 18.5. The zero-order valence-electron chi connectivity index (χ0n) is 17.4. The van der Waals surface area contributed by atoms with Crippen molar-refractivity contribution in [3.05, 3.63) is 83.0 Å². The third-order valence-corrected chi connectivity index (χ3v) is 12.0. The Bertz CT molecular complexity index is 806. The van der Waals surface area contributed by atoms with Crippen LogP contribution in [0.3, 0.4) is 0 Å². The maximum absolute atomic E-state index is 2.64. The molecular weight excluding hydrogens is 340 g/mol. The molecule has 1 heteroatoms. The normalized spacial score (nSPS) is 24.3. The zero-order chi connectivity index (χ0) is 19.2. The zero-order valence-corrected chi connectivity index (χ0v) is 18.4. The third-order valence-electron chi connectivity index (χ3n) is 6.95. The van der Waals surface area contributed by atoms with Gasteiger partial charge in [0.2, 0.25) is 0 Å². The maximum atomic E-state index is 2.64. The predicted octanol–water partition coefficient (Wildman–Crippen LogP) is 5.64. The molecule has 0 bridgehead atoms. The van der Waals surface area contributed by atoms with E-state index in [4.69, 9.17) is 0 Å². The summed E-state index contributed by atoms with van der Waals surface area (Å²) in [5.41, 5.74) is 6.42. The van der Waals surface area contributed by atoms with Crippen molar-refractivity contribution in [3.8, 4) is 0 Å². The summed E-state index contributed by atoms with van der Waals surface area (Å²) in [7, 11) is -1.85. The van der Waals surface area contributed by atoms with E-state index in [0.29, 0.717) is 0 Å². The molecule has 0 N–H and O–H groups in total. The van der Waals surface area contributed by atoms with E-state index in [9.17, 15) is 0 Å². The van der Waals surface area contributed by atoms with Crippen LogP contribution in [0.5, 0.6) is 0 Å². The summed E-state index contributed by atoms with van der Waals surface area (Å²) < 4.78 is 0. The van der Waals surface area contributed by atoms with E-state index in [1.807, 2.05) is 0 Å². The highest BCUT2D eigenvalue weighted by molar-refractivity contribution is 7.02. The summed E-state index contributed by atoms with van der Waals surface area (Å²) in [6.07, 6.45) is 12.1. The van der Waals surface area contributed by atoms with Crippen molar-refractivity contribution in [2.45, 2.75) is 52.6 Å². The Hall–Kier alpha value is -1.86. The Morgan fingerprint density at radius 2 is 1.00 bits per heavy atom. The molecule has 1 saturated carbocycles. The van der Waals surface area contributed by atoms with Crippen LogP contribution in [-0.2, 0) is 0 Å². The molecule has 27 heavy (non-hydrogen) atoms. The molecule has 2 aliphatic rings. The summed E-state index contributed by atoms with van der Waals surface area (Å²) in [5.74, 6) is 1.48. The second-order valence-corrected chi connectivity index (χ2v) is 13.6. The standard InChI is InChI=1S/C26H32Si/c1-18-10-19(2)13-24(12-18)27(5,25-14-20(3)11-21(4)15-25)26-16-22-8-6-7-9-23(22)17-26/h6-15,22-23,26H,16-17H2,1-5H3. The topological polar surface area (TPSA) is 0 Å². The highest BCUT2D eigenvalue weighted by Crippen LogP contribution is 2.47. The molecule has 140 valence electrons. The van der Waals surface area contributed by atoms with Gasteiger partial charge < -0.3 is 0 Å². The van der Waals surface area contributed by atoms with Gasteiger partial charge in [-0.1, -0.05) is 99.9 Å². The maximum Gasteiger partial charge on any atom is 0.118 e. The monoisotopic (exact) mass is 372 g/mol. The first-order chi connectivity index (χ1) is 12.9. The molecule has 0 spiro atoms. The Kier molecular flexibility index (Phi) is 4.76. The summed E-state index contributed by atoms with van der Waals surface area (Å²) in [6.45, 7) is 11.7. The number of rotatable bonds is 3. The number of benzene rings is 2. The molecule has 2 aromatic rings. The van der Waals surface area contributed by atoms with Gasteiger partial charge >= 0.3 is 0 Å². The number of hydrogen-bond donors (Lipinski definition) is 0. The number of allylic oxidation sites excluding steroid dienone is 4. The second-order valence-electron chi connectivity index (χ2n) is 9.22. The van der Waals surface area contributed by atoms with Gasteiger partial charge in [0.1, 0.15) is 8.07 Å². The second kappa shape index (κ2) is 6.94. The van der Waals surface area contributed by atoms with Crippen LogP contribution < -0.4 is 10.4 Å². The van der Waals surface area contributed by atoms with Crippen molar-refractivity contribution >= 4 is 18.4 Å². The minimum absolute atomic E-state index is 0.739. The molecule has 0 aromatic heterocycles. The lowest BCUT2D eigenvalue weighted by Crippen LogP contribution is -2.59. The fourth-order valence-electron chi connectivity index (χ4n) is 5.62. The number of aryl methyl sites for hydroxylation is 4. The summed E-state index contributed by atoms with van der Waals surface area (Å²) in [4.78, 5) is 0. The first-order valence-corrected chi connectivity index (χ1v) is 13.0. The Balaban J connectivity index is 1.87. The smallest absolute Gasteiger partial charge is 0.0808 e. The van der Waals surface area contributed by atoms with Gasteiger partial charge in [-0.15, -0.1) is 0 Å². The Morgan fingerprint density at radius 1 is 0.630 bits per heavy atom. The molecule has 0 heterocycles. The van der Waals surface area contributed by atoms with Crippen LogP contribution in [0.4, 0.5) is 0 Å². The van der Waals surface area contributed by atoms with Gasteiger partial charge in [0.05, 0.1) is 0 Å². The molecule has 0 nitrogen and oxygen atoms in total. The van der Waals surface area contributed by atoms with Gasteiger partial charge in [0, 0.05) is 0 Å². The predicted molar refractivity (Wildman–Crippen MR) is 121 cm³/mol. The van der Waals surface area contributed by atoms with Crippen molar-refractivity contribution in [3.63, 3.8) is 0 Å². The summed E-state index contributed by atoms with van der Waals surface area (Å²) in [6, 6.07) is 14.6. The number of hydrogen-bond acceptors (Lipinski definition) is 0. The van der Waals surface area contributed by atoms with Crippen LogP contribution in [0.2, 0.25) is 12.1 Å². The fourth-order valence-corrected chi connectivity index (χ4v) is 10.5. The van der Waals surface area contributed by atoms with Crippen LogP contribution in [0, 0.1) is 39.5 Å². The van der Waals surface area contributed by atoms with E-state index < -0.39 is 8.07 Å². The fraction of sp³-hybridized carbons (Fsp3) is 0.385. The molecule has 4 rings (SSSR count). The van der Waals surface area contributed by atoms with Gasteiger partial charge in [-0.3, -0.25) is 0 Å². The SMILES string of the molecule is Cc1cc(C)cc([Si](C)(c2cc(C)cc(C)c2)C2CC3C=CC=CC3C2)c1. The van der Waals surface area contributed by atoms with Gasteiger partial charge in [-0.25, -0.2) is 0 Å². The van der Waals surface area contributed by atoms with Gasteiger partial charge in [-0.05, 0) is 57.9 Å². The van der Waals surface area contributed by atoms with E-state index in [1.165, 1.54) is 35.1 Å². The molecular formula is C26H32Si. The average molecular weight is 373 g/mol. The van der Waals surface area contributed by atoms with Crippen LogP contribution >= 0.6 is 0 Å². The molecule has 2 aliphatic carbocycles. The van der Waals surface area contributed by atoms with Crippen molar-refractivity contribution in [2.24, 2.45) is 11.8 Å². The molecule has 0 saturated heterocycles. The third kappa shape index (κ3) is 3.38. The van der Waals surface area contributed by atoms with E-state index in [2.05, 4.69) is 94.9 Å². The molecule has 0 aliphatic heterocycles. The molecule has 0 radical (unpaired) electrons. The highest BCUT2D eigenvalue weighted by atomic mass is 28.3. The lowest BCUT2D eigenvalue weighted by Gasteiger charge is -2.36. The van der Waals surface area contributed by atoms with Gasteiger partial charge in [0.25, 0.3) is 0 Å². The van der Waals surface area contributed by atoms with Gasteiger partial charge in [-0.2, -0.15) is 0 Å². The Morgan fingerprint density at radius 3 is 1.37 bits per heavy atom.